The lowest BCUT2D eigenvalue weighted by Gasteiger charge is -2.16. The third kappa shape index (κ3) is 5.20. The minimum atomic E-state index is -0.437. The van der Waals surface area contributed by atoms with Crippen molar-refractivity contribution in [3.05, 3.63) is 29.6 Å². The molecule has 1 aromatic carbocycles. The molecular formula is C15H23FN2OS2. The van der Waals surface area contributed by atoms with Crippen molar-refractivity contribution in [1.29, 1.82) is 0 Å². The van der Waals surface area contributed by atoms with Gasteiger partial charge in [0.05, 0.1) is 11.9 Å². The van der Waals surface area contributed by atoms with Crippen molar-refractivity contribution in [3.8, 4) is 5.75 Å². The predicted molar refractivity (Wildman–Crippen MR) is 93.2 cm³/mol. The first-order valence-corrected chi connectivity index (χ1v) is 9.28. The summed E-state index contributed by atoms with van der Waals surface area (Å²) in [7, 11) is 2.09. The summed E-state index contributed by atoms with van der Waals surface area (Å²) in [5.74, 6) is 0.640. The number of rotatable bonds is 3. The molecular weight excluding hydrogens is 307 g/mol. The highest BCUT2D eigenvalue weighted by molar-refractivity contribution is 8.13. The van der Waals surface area contributed by atoms with E-state index in [0.29, 0.717) is 17.5 Å². The molecule has 0 aromatic heterocycles. The Hall–Kier alpha value is -0.720. The van der Waals surface area contributed by atoms with Crippen LogP contribution in [-0.4, -0.2) is 52.6 Å². The zero-order valence-electron chi connectivity index (χ0n) is 13.0. The highest BCUT2D eigenvalue weighted by Crippen LogP contribution is 2.25. The molecule has 1 heterocycles. The molecule has 0 amide bonds. The summed E-state index contributed by atoms with van der Waals surface area (Å²) >= 11 is 3.36. The van der Waals surface area contributed by atoms with E-state index in [1.54, 1.807) is 6.07 Å². The SMILES string of the molecule is CC.CSC(=NC[C@H]1SCCN1C)c1ccc(F)cc1O. The fourth-order valence-electron chi connectivity index (χ4n) is 1.90. The van der Waals surface area contributed by atoms with Crippen molar-refractivity contribution in [3.63, 3.8) is 0 Å². The van der Waals surface area contributed by atoms with Crippen LogP contribution in [0.4, 0.5) is 4.39 Å². The van der Waals surface area contributed by atoms with E-state index in [1.165, 1.54) is 17.8 Å². The Balaban J connectivity index is 0.00000106. The molecule has 0 unspecified atom stereocenters. The maximum Gasteiger partial charge on any atom is 0.128 e. The molecule has 1 atom stereocenters. The summed E-state index contributed by atoms with van der Waals surface area (Å²) in [4.78, 5) is 6.84. The van der Waals surface area contributed by atoms with Gasteiger partial charge in [0.15, 0.2) is 0 Å². The van der Waals surface area contributed by atoms with Crippen molar-refractivity contribution in [2.45, 2.75) is 19.2 Å². The lowest BCUT2D eigenvalue weighted by Crippen LogP contribution is -2.26. The lowest BCUT2D eigenvalue weighted by atomic mass is 10.2. The minimum absolute atomic E-state index is 0.0551. The summed E-state index contributed by atoms with van der Waals surface area (Å²) in [6, 6.07) is 4.04. The van der Waals surface area contributed by atoms with Crippen LogP contribution in [0, 0.1) is 5.82 Å². The molecule has 1 fully saturated rings. The van der Waals surface area contributed by atoms with E-state index in [9.17, 15) is 9.50 Å². The quantitative estimate of drug-likeness (QED) is 0.677. The number of nitrogens with zero attached hydrogens (tertiary/aromatic N) is 2. The highest BCUT2D eigenvalue weighted by Gasteiger charge is 2.21. The topological polar surface area (TPSA) is 35.8 Å². The van der Waals surface area contributed by atoms with Crippen molar-refractivity contribution in [2.24, 2.45) is 4.99 Å². The van der Waals surface area contributed by atoms with Gasteiger partial charge in [0.1, 0.15) is 16.6 Å². The average Bonchev–Trinajstić information content (AvgIpc) is 2.89. The Morgan fingerprint density at radius 1 is 1.52 bits per heavy atom. The molecule has 6 heteroatoms. The zero-order chi connectivity index (χ0) is 15.8. The average molecular weight is 330 g/mol. The Kier molecular flexibility index (Phi) is 8.14. The minimum Gasteiger partial charge on any atom is -0.507 e. The standard InChI is InChI=1S/C13H17FN2OS2.C2H6/c1-16-5-6-19-12(16)8-15-13(18-2)10-4-3-9(14)7-11(10)17;1-2/h3-4,7,12,17H,5-6,8H2,1-2H3;1-2H3/t12-;/m1./s1. The van der Waals surface area contributed by atoms with Gasteiger partial charge in [0, 0.05) is 23.9 Å². The van der Waals surface area contributed by atoms with Crippen LogP contribution in [0.2, 0.25) is 0 Å². The third-order valence-electron chi connectivity index (χ3n) is 3.02. The summed E-state index contributed by atoms with van der Waals surface area (Å²) < 4.78 is 13.0. The Morgan fingerprint density at radius 2 is 2.24 bits per heavy atom. The number of thioether (sulfide) groups is 2. The lowest BCUT2D eigenvalue weighted by molar-refractivity contribution is 0.357. The van der Waals surface area contributed by atoms with Gasteiger partial charge in [-0.2, -0.15) is 0 Å². The second-order valence-corrected chi connectivity index (χ2v) is 6.40. The van der Waals surface area contributed by atoms with Gasteiger partial charge < -0.3 is 5.11 Å². The summed E-state index contributed by atoms with van der Waals surface area (Å²) in [6.07, 6.45) is 1.91. The van der Waals surface area contributed by atoms with Crippen LogP contribution in [0.1, 0.15) is 19.4 Å². The first-order valence-electron chi connectivity index (χ1n) is 7.01. The number of aromatic hydroxyl groups is 1. The highest BCUT2D eigenvalue weighted by atomic mass is 32.2. The number of aliphatic imine (C=N–C) groups is 1. The number of halogens is 1. The monoisotopic (exact) mass is 330 g/mol. The number of hydrogen-bond acceptors (Lipinski definition) is 5. The molecule has 1 aliphatic heterocycles. The second kappa shape index (κ2) is 9.33. The van der Waals surface area contributed by atoms with Gasteiger partial charge in [-0.25, -0.2) is 4.39 Å². The zero-order valence-corrected chi connectivity index (χ0v) is 14.6. The first-order chi connectivity index (χ1) is 10.1. The largest absolute Gasteiger partial charge is 0.507 e. The number of phenolic OH excluding ortho intramolecular Hbond substituents is 1. The van der Waals surface area contributed by atoms with Gasteiger partial charge in [-0.15, -0.1) is 23.5 Å². The number of phenols is 1. The van der Waals surface area contributed by atoms with Crippen LogP contribution in [-0.2, 0) is 0 Å². The first kappa shape index (κ1) is 18.3. The van der Waals surface area contributed by atoms with Crippen molar-refractivity contribution in [2.75, 3.05) is 32.1 Å². The Labute approximate surface area is 135 Å². The maximum absolute atomic E-state index is 13.0. The summed E-state index contributed by atoms with van der Waals surface area (Å²) in [6.45, 7) is 5.77. The number of benzene rings is 1. The molecule has 0 spiro atoms. The van der Waals surface area contributed by atoms with E-state index in [0.717, 1.165) is 23.4 Å². The van der Waals surface area contributed by atoms with Crippen molar-refractivity contribution >= 4 is 28.6 Å². The second-order valence-electron chi connectivity index (χ2n) is 4.32. The number of hydrogen-bond donors (Lipinski definition) is 1. The normalized spacial score (nSPS) is 19.3. The molecule has 3 nitrogen and oxygen atoms in total. The Bertz CT molecular complexity index is 483. The van der Waals surface area contributed by atoms with E-state index >= 15 is 0 Å². The molecule has 0 aliphatic carbocycles. The van der Waals surface area contributed by atoms with Crippen LogP contribution in [0.15, 0.2) is 23.2 Å². The van der Waals surface area contributed by atoms with Gasteiger partial charge in [0.2, 0.25) is 0 Å². The van der Waals surface area contributed by atoms with Gasteiger partial charge in [-0.3, -0.25) is 9.89 Å². The molecule has 1 saturated heterocycles. The third-order valence-corrected chi connectivity index (χ3v) is 5.07. The van der Waals surface area contributed by atoms with Crippen molar-refractivity contribution < 1.29 is 9.50 Å². The molecule has 0 bridgehead atoms. The van der Waals surface area contributed by atoms with Gasteiger partial charge >= 0.3 is 0 Å². The Morgan fingerprint density at radius 3 is 2.76 bits per heavy atom. The molecule has 1 aromatic rings. The molecule has 1 N–H and O–H groups in total. The molecule has 118 valence electrons. The van der Waals surface area contributed by atoms with E-state index < -0.39 is 5.82 Å². The van der Waals surface area contributed by atoms with Crippen LogP contribution in [0.25, 0.3) is 0 Å². The molecule has 2 rings (SSSR count). The smallest absolute Gasteiger partial charge is 0.128 e. The number of likely N-dealkylation sites (N-methyl/N-ethyl adjacent to an activating group) is 1. The maximum atomic E-state index is 13.0. The molecule has 0 radical (unpaired) electrons. The fraction of sp³-hybridized carbons (Fsp3) is 0.533. The predicted octanol–water partition coefficient (Wildman–Crippen LogP) is 3.67. The molecule has 21 heavy (non-hydrogen) atoms. The van der Waals surface area contributed by atoms with E-state index in [4.69, 9.17) is 0 Å². The van der Waals surface area contributed by atoms with Crippen LogP contribution < -0.4 is 0 Å². The van der Waals surface area contributed by atoms with E-state index in [-0.39, 0.29) is 5.75 Å². The van der Waals surface area contributed by atoms with Crippen LogP contribution in [0.5, 0.6) is 5.75 Å². The van der Waals surface area contributed by atoms with E-state index in [2.05, 4.69) is 16.9 Å². The van der Waals surface area contributed by atoms with Gasteiger partial charge in [-0.05, 0) is 25.4 Å². The van der Waals surface area contributed by atoms with Gasteiger partial charge in [0.25, 0.3) is 0 Å². The molecule has 0 saturated carbocycles. The van der Waals surface area contributed by atoms with E-state index in [1.807, 2.05) is 31.9 Å². The summed E-state index contributed by atoms with van der Waals surface area (Å²) in [5, 5.41) is 10.9. The van der Waals surface area contributed by atoms with Crippen LogP contribution in [0.3, 0.4) is 0 Å². The van der Waals surface area contributed by atoms with Gasteiger partial charge in [-0.1, -0.05) is 13.8 Å². The summed E-state index contributed by atoms with van der Waals surface area (Å²) in [5.41, 5.74) is 0.597. The molecule has 1 aliphatic rings. The van der Waals surface area contributed by atoms with Crippen LogP contribution >= 0.6 is 23.5 Å². The fourth-order valence-corrected chi connectivity index (χ4v) is 3.70. The van der Waals surface area contributed by atoms with Crippen molar-refractivity contribution in [1.82, 2.24) is 4.90 Å².